The predicted octanol–water partition coefficient (Wildman–Crippen LogP) is 1.23. The Morgan fingerprint density at radius 2 is 1.74 bits per heavy atom. The third kappa shape index (κ3) is 3.93. The third-order valence-corrected chi connectivity index (χ3v) is 4.33. The van der Waals surface area contributed by atoms with Crippen LogP contribution in [0.2, 0.25) is 0 Å². The van der Waals surface area contributed by atoms with Gasteiger partial charge in [-0.15, -0.1) is 0 Å². The number of primary amides is 1. The summed E-state index contributed by atoms with van der Waals surface area (Å²) in [5.41, 5.74) is 3.50. The van der Waals surface area contributed by atoms with Crippen LogP contribution in [0, 0.1) is 0 Å². The number of nitrogens with two attached hydrogens (primary N) is 1. The van der Waals surface area contributed by atoms with Gasteiger partial charge in [0.1, 0.15) is 5.54 Å². The molecular formula is C14H26N2O3. The summed E-state index contributed by atoms with van der Waals surface area (Å²) in [6.45, 7) is 3.65. The van der Waals surface area contributed by atoms with Gasteiger partial charge in [-0.05, 0) is 25.7 Å². The summed E-state index contributed by atoms with van der Waals surface area (Å²) in [4.78, 5) is 23.6. The summed E-state index contributed by atoms with van der Waals surface area (Å²) in [6.07, 6.45) is 5.30. The SMILES string of the molecule is CCC(CC)(NC(=O)CC1(O)CCCCC1)C(N)=O. The lowest BCUT2D eigenvalue weighted by molar-refractivity contribution is -0.135. The first kappa shape index (κ1) is 16.0. The molecule has 1 aliphatic rings. The van der Waals surface area contributed by atoms with E-state index < -0.39 is 17.0 Å². The molecule has 0 radical (unpaired) electrons. The number of hydrogen-bond donors (Lipinski definition) is 3. The van der Waals surface area contributed by atoms with Crippen molar-refractivity contribution in [3.63, 3.8) is 0 Å². The van der Waals surface area contributed by atoms with Gasteiger partial charge in [-0.3, -0.25) is 9.59 Å². The Balaban J connectivity index is 2.65. The highest BCUT2D eigenvalue weighted by molar-refractivity contribution is 5.90. The first-order valence-corrected chi connectivity index (χ1v) is 7.21. The van der Waals surface area contributed by atoms with E-state index in [9.17, 15) is 14.7 Å². The highest BCUT2D eigenvalue weighted by Gasteiger charge is 2.37. The highest BCUT2D eigenvalue weighted by Crippen LogP contribution is 2.31. The Kier molecular flexibility index (Phi) is 5.35. The molecule has 19 heavy (non-hydrogen) atoms. The summed E-state index contributed by atoms with van der Waals surface area (Å²) in [5.74, 6) is -0.798. The molecule has 5 heteroatoms. The van der Waals surface area contributed by atoms with Crippen molar-refractivity contribution in [1.29, 1.82) is 0 Å². The van der Waals surface area contributed by atoms with Gasteiger partial charge in [0.05, 0.1) is 12.0 Å². The lowest BCUT2D eigenvalue weighted by Gasteiger charge is -2.34. The van der Waals surface area contributed by atoms with E-state index in [0.717, 1.165) is 19.3 Å². The molecule has 0 unspecified atom stereocenters. The van der Waals surface area contributed by atoms with Gasteiger partial charge >= 0.3 is 0 Å². The summed E-state index contributed by atoms with van der Waals surface area (Å²) in [7, 11) is 0. The van der Waals surface area contributed by atoms with Gasteiger partial charge in [0.2, 0.25) is 11.8 Å². The lowest BCUT2D eigenvalue weighted by Crippen LogP contribution is -2.57. The van der Waals surface area contributed by atoms with E-state index in [1.165, 1.54) is 0 Å². The summed E-state index contributed by atoms with van der Waals surface area (Å²) < 4.78 is 0. The number of aliphatic hydroxyl groups is 1. The molecule has 4 N–H and O–H groups in total. The fourth-order valence-corrected chi connectivity index (χ4v) is 2.83. The average molecular weight is 270 g/mol. The first-order chi connectivity index (χ1) is 8.87. The predicted molar refractivity (Wildman–Crippen MR) is 73.3 cm³/mol. The number of nitrogens with one attached hydrogen (secondary N) is 1. The molecule has 1 fully saturated rings. The quantitative estimate of drug-likeness (QED) is 0.678. The molecule has 0 aromatic heterocycles. The Labute approximate surface area is 114 Å². The van der Waals surface area contributed by atoms with E-state index in [1.54, 1.807) is 0 Å². The molecule has 0 spiro atoms. The van der Waals surface area contributed by atoms with Gasteiger partial charge in [0.25, 0.3) is 0 Å². The molecule has 1 saturated carbocycles. The standard InChI is InChI=1S/C14H26N2O3/c1-3-14(4-2,12(15)18)16-11(17)10-13(19)8-6-5-7-9-13/h19H,3-10H2,1-2H3,(H2,15,18)(H,16,17). The van der Waals surface area contributed by atoms with Gasteiger partial charge in [0, 0.05) is 0 Å². The zero-order valence-corrected chi connectivity index (χ0v) is 12.0. The molecule has 0 heterocycles. The normalized spacial score (nSPS) is 18.9. The van der Waals surface area contributed by atoms with Crippen molar-refractivity contribution in [2.75, 3.05) is 0 Å². The van der Waals surface area contributed by atoms with Crippen molar-refractivity contribution < 1.29 is 14.7 Å². The van der Waals surface area contributed by atoms with Crippen molar-refractivity contribution in [3.05, 3.63) is 0 Å². The minimum Gasteiger partial charge on any atom is -0.389 e. The maximum absolute atomic E-state index is 12.1. The Bertz CT molecular complexity index is 332. The van der Waals surface area contributed by atoms with Crippen LogP contribution < -0.4 is 11.1 Å². The molecule has 0 atom stereocenters. The molecule has 0 aromatic carbocycles. The largest absolute Gasteiger partial charge is 0.389 e. The van der Waals surface area contributed by atoms with E-state index in [2.05, 4.69) is 5.32 Å². The van der Waals surface area contributed by atoms with Crippen molar-refractivity contribution in [2.45, 2.75) is 76.4 Å². The lowest BCUT2D eigenvalue weighted by atomic mass is 9.82. The molecule has 0 saturated heterocycles. The van der Waals surface area contributed by atoms with Crippen LogP contribution in [-0.2, 0) is 9.59 Å². The van der Waals surface area contributed by atoms with Gasteiger partial charge in [-0.2, -0.15) is 0 Å². The second kappa shape index (κ2) is 6.37. The van der Waals surface area contributed by atoms with Crippen LogP contribution in [0.3, 0.4) is 0 Å². The van der Waals surface area contributed by atoms with Crippen LogP contribution in [0.4, 0.5) is 0 Å². The second-order valence-corrected chi connectivity index (χ2v) is 5.66. The number of amides is 2. The third-order valence-electron chi connectivity index (χ3n) is 4.33. The Morgan fingerprint density at radius 3 is 2.16 bits per heavy atom. The molecule has 110 valence electrons. The van der Waals surface area contributed by atoms with Gasteiger partial charge < -0.3 is 16.2 Å². The molecule has 0 aromatic rings. The van der Waals surface area contributed by atoms with E-state index in [-0.39, 0.29) is 12.3 Å². The second-order valence-electron chi connectivity index (χ2n) is 5.66. The number of hydrogen-bond acceptors (Lipinski definition) is 3. The van der Waals surface area contributed by atoms with Crippen molar-refractivity contribution in [2.24, 2.45) is 5.73 Å². The smallest absolute Gasteiger partial charge is 0.243 e. The van der Waals surface area contributed by atoms with Gasteiger partial charge in [0.15, 0.2) is 0 Å². The molecule has 0 aliphatic heterocycles. The zero-order valence-electron chi connectivity index (χ0n) is 12.0. The summed E-state index contributed by atoms with van der Waals surface area (Å²) >= 11 is 0. The number of carbonyl (C=O) groups excluding carboxylic acids is 2. The maximum Gasteiger partial charge on any atom is 0.243 e. The minimum absolute atomic E-state index is 0.0576. The van der Waals surface area contributed by atoms with Crippen LogP contribution in [0.5, 0.6) is 0 Å². The van der Waals surface area contributed by atoms with Crippen LogP contribution in [0.15, 0.2) is 0 Å². The monoisotopic (exact) mass is 270 g/mol. The average Bonchev–Trinajstić information content (AvgIpc) is 2.36. The topological polar surface area (TPSA) is 92.4 Å². The van der Waals surface area contributed by atoms with Crippen LogP contribution in [-0.4, -0.2) is 28.1 Å². The van der Waals surface area contributed by atoms with E-state index >= 15 is 0 Å². The highest BCUT2D eigenvalue weighted by atomic mass is 16.3. The van der Waals surface area contributed by atoms with Crippen LogP contribution in [0.25, 0.3) is 0 Å². The van der Waals surface area contributed by atoms with Crippen molar-refractivity contribution >= 4 is 11.8 Å². The molecule has 1 rings (SSSR count). The maximum atomic E-state index is 12.1. The molecular weight excluding hydrogens is 244 g/mol. The fourth-order valence-electron chi connectivity index (χ4n) is 2.83. The zero-order chi connectivity index (χ0) is 14.5. The Hall–Kier alpha value is -1.10. The molecule has 2 amide bonds. The molecule has 0 bridgehead atoms. The van der Waals surface area contributed by atoms with Crippen molar-refractivity contribution in [3.8, 4) is 0 Å². The fraction of sp³-hybridized carbons (Fsp3) is 0.857. The Morgan fingerprint density at radius 1 is 1.21 bits per heavy atom. The van der Waals surface area contributed by atoms with E-state index in [0.29, 0.717) is 25.7 Å². The number of carbonyl (C=O) groups is 2. The summed E-state index contributed by atoms with van der Waals surface area (Å²) in [5, 5.41) is 13.1. The van der Waals surface area contributed by atoms with E-state index in [4.69, 9.17) is 5.73 Å². The van der Waals surface area contributed by atoms with Gasteiger partial charge in [-0.25, -0.2) is 0 Å². The van der Waals surface area contributed by atoms with Crippen molar-refractivity contribution in [1.82, 2.24) is 5.32 Å². The van der Waals surface area contributed by atoms with Gasteiger partial charge in [-0.1, -0.05) is 33.1 Å². The number of rotatable bonds is 6. The van der Waals surface area contributed by atoms with Crippen LogP contribution >= 0.6 is 0 Å². The summed E-state index contributed by atoms with van der Waals surface area (Å²) in [6, 6.07) is 0. The first-order valence-electron chi connectivity index (χ1n) is 7.21. The van der Waals surface area contributed by atoms with E-state index in [1.807, 2.05) is 13.8 Å². The molecule has 1 aliphatic carbocycles. The minimum atomic E-state index is -0.984. The molecule has 5 nitrogen and oxygen atoms in total. The van der Waals surface area contributed by atoms with Crippen LogP contribution in [0.1, 0.15) is 65.2 Å².